The fourth-order valence-electron chi connectivity index (χ4n) is 2.53. The van der Waals surface area contributed by atoms with Crippen LogP contribution in [0.2, 0.25) is 0 Å². The van der Waals surface area contributed by atoms with Crippen LogP contribution in [-0.4, -0.2) is 24.2 Å². The Bertz CT molecular complexity index is 752. The predicted molar refractivity (Wildman–Crippen MR) is 93.8 cm³/mol. The van der Waals surface area contributed by atoms with Crippen molar-refractivity contribution in [2.24, 2.45) is 0 Å². The van der Waals surface area contributed by atoms with E-state index in [9.17, 15) is 18.0 Å². The number of benzene rings is 2. The molecule has 0 spiro atoms. The zero-order valence-corrected chi connectivity index (χ0v) is 15.1. The van der Waals surface area contributed by atoms with Gasteiger partial charge in [0.25, 0.3) is 5.78 Å². The van der Waals surface area contributed by atoms with E-state index in [1.807, 2.05) is 27.7 Å². The summed E-state index contributed by atoms with van der Waals surface area (Å²) in [5.41, 5.74) is 0.0261. The lowest BCUT2D eigenvalue weighted by molar-refractivity contribution is -0.0884. The lowest BCUT2D eigenvalue weighted by Gasteiger charge is -2.21. The molecule has 0 amide bonds. The molecule has 0 aliphatic rings. The Morgan fingerprint density at radius 2 is 1.35 bits per heavy atom. The molecule has 6 heteroatoms. The smallest absolute Gasteiger partial charge is 0.454 e. The van der Waals surface area contributed by atoms with Crippen molar-refractivity contribution in [3.63, 3.8) is 0 Å². The van der Waals surface area contributed by atoms with Crippen LogP contribution in [0.1, 0.15) is 38.1 Å². The second-order valence-electron chi connectivity index (χ2n) is 6.33. The highest BCUT2D eigenvalue weighted by Crippen LogP contribution is 2.42. The molecule has 0 unspecified atom stereocenters. The van der Waals surface area contributed by atoms with Gasteiger partial charge >= 0.3 is 6.18 Å². The van der Waals surface area contributed by atoms with Crippen LogP contribution in [0.25, 0.3) is 11.1 Å². The van der Waals surface area contributed by atoms with E-state index in [4.69, 9.17) is 9.47 Å². The summed E-state index contributed by atoms with van der Waals surface area (Å²) in [4.78, 5) is 11.9. The van der Waals surface area contributed by atoms with E-state index in [2.05, 4.69) is 0 Å². The van der Waals surface area contributed by atoms with Crippen LogP contribution in [0.5, 0.6) is 11.5 Å². The normalized spacial score (nSPS) is 11.7. The van der Waals surface area contributed by atoms with Gasteiger partial charge in [-0.1, -0.05) is 30.3 Å². The van der Waals surface area contributed by atoms with E-state index in [0.717, 1.165) is 6.07 Å². The molecule has 0 saturated heterocycles. The van der Waals surface area contributed by atoms with Crippen LogP contribution < -0.4 is 9.47 Å². The van der Waals surface area contributed by atoms with E-state index < -0.39 is 17.5 Å². The topological polar surface area (TPSA) is 35.5 Å². The molecule has 0 aliphatic heterocycles. The van der Waals surface area contributed by atoms with Crippen LogP contribution in [0.3, 0.4) is 0 Å². The Hall–Kier alpha value is -2.50. The summed E-state index contributed by atoms with van der Waals surface area (Å²) in [5.74, 6) is -1.18. The fraction of sp³-hybridized carbons (Fsp3) is 0.350. The highest BCUT2D eigenvalue weighted by molar-refractivity contribution is 6.06. The van der Waals surface area contributed by atoms with E-state index in [1.165, 1.54) is 12.1 Å². The molecule has 26 heavy (non-hydrogen) atoms. The summed E-state index contributed by atoms with van der Waals surface area (Å²) in [6.45, 7) is 7.25. The Balaban J connectivity index is 2.72. The van der Waals surface area contributed by atoms with Crippen LogP contribution >= 0.6 is 0 Å². The molecule has 0 heterocycles. The van der Waals surface area contributed by atoms with Crippen molar-refractivity contribution in [1.29, 1.82) is 0 Å². The second kappa shape index (κ2) is 7.81. The van der Waals surface area contributed by atoms with Gasteiger partial charge in [-0.15, -0.1) is 0 Å². The van der Waals surface area contributed by atoms with Gasteiger partial charge in [-0.05, 0) is 39.8 Å². The van der Waals surface area contributed by atoms with Gasteiger partial charge in [0.15, 0.2) is 0 Å². The van der Waals surface area contributed by atoms with Gasteiger partial charge in [-0.3, -0.25) is 4.79 Å². The van der Waals surface area contributed by atoms with Gasteiger partial charge in [0.2, 0.25) is 0 Å². The first-order valence-corrected chi connectivity index (χ1v) is 8.28. The third kappa shape index (κ3) is 4.56. The molecule has 0 aromatic heterocycles. The number of alkyl halides is 3. The molecule has 140 valence electrons. The van der Waals surface area contributed by atoms with Crippen LogP contribution in [0.4, 0.5) is 13.2 Å². The number of carbonyl (C=O) groups is 1. The number of hydrogen-bond acceptors (Lipinski definition) is 3. The summed E-state index contributed by atoms with van der Waals surface area (Å²) < 4.78 is 50.7. The fourth-order valence-corrected chi connectivity index (χ4v) is 2.53. The molecule has 0 radical (unpaired) electrons. The lowest BCUT2D eigenvalue weighted by atomic mass is 9.95. The summed E-state index contributed by atoms with van der Waals surface area (Å²) >= 11 is 0. The average molecular weight is 366 g/mol. The van der Waals surface area contributed by atoms with Gasteiger partial charge in [-0.2, -0.15) is 13.2 Å². The second-order valence-corrected chi connectivity index (χ2v) is 6.33. The molecule has 2 rings (SSSR count). The first-order chi connectivity index (χ1) is 12.1. The van der Waals surface area contributed by atoms with Crippen molar-refractivity contribution in [2.75, 3.05) is 0 Å². The maximum Gasteiger partial charge on any atom is 0.454 e. The van der Waals surface area contributed by atoms with Crippen molar-refractivity contribution in [1.82, 2.24) is 0 Å². The van der Waals surface area contributed by atoms with Crippen molar-refractivity contribution in [3.8, 4) is 22.6 Å². The number of rotatable bonds is 6. The quantitative estimate of drug-likeness (QED) is 0.618. The first kappa shape index (κ1) is 19.8. The Kier molecular flexibility index (Phi) is 5.95. The SMILES string of the molecule is CC(C)Oc1cccc(OC(C)C)c1-c1ccccc1C(=O)C(F)(F)F. The zero-order valence-electron chi connectivity index (χ0n) is 15.1. The maximum absolute atomic E-state index is 13.0. The standard InChI is InChI=1S/C20H21F3O3/c1-12(2)25-16-10-7-11-17(26-13(3)4)18(16)14-8-5-6-9-15(14)19(24)20(21,22)23/h5-13H,1-4H3. The van der Waals surface area contributed by atoms with Crippen molar-refractivity contribution in [2.45, 2.75) is 46.1 Å². The summed E-state index contributed by atoms with van der Waals surface area (Å²) in [6, 6.07) is 10.6. The van der Waals surface area contributed by atoms with Crippen molar-refractivity contribution < 1.29 is 27.4 Å². The minimum Gasteiger partial charge on any atom is -0.490 e. The van der Waals surface area contributed by atoms with E-state index in [-0.39, 0.29) is 17.8 Å². The number of carbonyl (C=O) groups excluding carboxylic acids is 1. The third-order valence-corrected chi connectivity index (χ3v) is 3.41. The molecule has 0 saturated carbocycles. The Labute approximate surface area is 150 Å². The number of hydrogen-bond donors (Lipinski definition) is 0. The van der Waals surface area contributed by atoms with Gasteiger partial charge < -0.3 is 9.47 Å². The first-order valence-electron chi connectivity index (χ1n) is 8.28. The monoisotopic (exact) mass is 366 g/mol. The summed E-state index contributed by atoms with van der Waals surface area (Å²) in [6.07, 6.45) is -5.37. The van der Waals surface area contributed by atoms with Crippen molar-refractivity contribution in [3.05, 3.63) is 48.0 Å². The molecular weight excluding hydrogens is 345 g/mol. The highest BCUT2D eigenvalue weighted by atomic mass is 19.4. The summed E-state index contributed by atoms with van der Waals surface area (Å²) in [7, 11) is 0. The van der Waals surface area contributed by atoms with Crippen LogP contribution in [-0.2, 0) is 0 Å². The molecule has 0 aliphatic carbocycles. The van der Waals surface area contributed by atoms with Crippen LogP contribution in [0.15, 0.2) is 42.5 Å². The van der Waals surface area contributed by atoms with Crippen molar-refractivity contribution >= 4 is 5.78 Å². The Morgan fingerprint density at radius 3 is 1.81 bits per heavy atom. The predicted octanol–water partition coefficient (Wildman–Crippen LogP) is 5.67. The number of Topliss-reactive ketones (excluding diaryl/α,β-unsaturated/α-hetero) is 1. The molecule has 0 N–H and O–H groups in total. The van der Waals surface area contributed by atoms with E-state index in [1.54, 1.807) is 24.3 Å². The van der Waals surface area contributed by atoms with Gasteiger partial charge in [0.1, 0.15) is 11.5 Å². The van der Waals surface area contributed by atoms with E-state index >= 15 is 0 Å². The zero-order chi connectivity index (χ0) is 19.5. The van der Waals surface area contributed by atoms with E-state index in [0.29, 0.717) is 17.1 Å². The Morgan fingerprint density at radius 1 is 0.846 bits per heavy atom. The molecule has 3 nitrogen and oxygen atoms in total. The highest BCUT2D eigenvalue weighted by Gasteiger charge is 2.40. The molecular formula is C20H21F3O3. The van der Waals surface area contributed by atoms with Crippen LogP contribution in [0, 0.1) is 0 Å². The largest absolute Gasteiger partial charge is 0.490 e. The minimum absolute atomic E-state index is 0.127. The third-order valence-electron chi connectivity index (χ3n) is 3.41. The molecule has 0 atom stereocenters. The van der Waals surface area contributed by atoms with Gasteiger partial charge in [-0.25, -0.2) is 0 Å². The number of halogens is 3. The minimum atomic E-state index is -4.97. The number of ether oxygens (including phenoxy) is 2. The average Bonchev–Trinajstić information content (AvgIpc) is 2.52. The molecule has 0 bridgehead atoms. The lowest BCUT2D eigenvalue weighted by Crippen LogP contribution is -2.23. The molecule has 2 aromatic rings. The number of ketones is 1. The molecule has 2 aromatic carbocycles. The maximum atomic E-state index is 13.0. The summed E-state index contributed by atoms with van der Waals surface area (Å²) in [5, 5.41) is 0. The molecule has 0 fully saturated rings. The van der Waals surface area contributed by atoms with Gasteiger partial charge in [0, 0.05) is 11.1 Å². The van der Waals surface area contributed by atoms with Gasteiger partial charge in [0.05, 0.1) is 17.8 Å².